The average Bonchev–Trinajstić information content (AvgIpc) is 2.60. The maximum absolute atomic E-state index is 13.9. The van der Waals surface area contributed by atoms with Gasteiger partial charge in [-0.05, 0) is 39.0 Å². The van der Waals surface area contributed by atoms with Crippen LogP contribution in [0.1, 0.15) is 20.8 Å². The van der Waals surface area contributed by atoms with Crippen molar-refractivity contribution in [3.05, 3.63) is 52.5 Å². The Labute approximate surface area is 159 Å². The molecule has 148 valence electrons. The summed E-state index contributed by atoms with van der Waals surface area (Å²) in [6.07, 6.45) is 0.661. The highest BCUT2D eigenvalue weighted by Gasteiger charge is 2.17. The predicted molar refractivity (Wildman–Crippen MR) is 101 cm³/mol. The first-order chi connectivity index (χ1) is 13.2. The van der Waals surface area contributed by atoms with E-state index in [4.69, 9.17) is 4.74 Å². The Balaban J connectivity index is 2.13. The summed E-state index contributed by atoms with van der Waals surface area (Å²) in [5.74, 6) is -1.84. The van der Waals surface area contributed by atoms with Crippen LogP contribution >= 0.6 is 0 Å². The number of hydrogen-bond acceptors (Lipinski definition) is 6. The van der Waals surface area contributed by atoms with E-state index in [9.17, 15) is 18.7 Å². The molecule has 0 saturated carbocycles. The fourth-order valence-corrected chi connectivity index (χ4v) is 2.64. The van der Waals surface area contributed by atoms with Crippen LogP contribution in [0, 0.1) is 11.6 Å². The van der Waals surface area contributed by atoms with E-state index in [1.807, 2.05) is 13.8 Å². The van der Waals surface area contributed by atoms with Crippen molar-refractivity contribution in [3.63, 3.8) is 0 Å². The summed E-state index contributed by atoms with van der Waals surface area (Å²) in [5.41, 5.74) is -0.303. The van der Waals surface area contributed by atoms with Crippen LogP contribution < -0.4 is 15.6 Å². The molecule has 0 spiro atoms. The lowest BCUT2D eigenvalue weighted by molar-refractivity contribution is 0.173. The molecule has 0 unspecified atom stereocenters. The minimum absolute atomic E-state index is 0.0451. The maximum atomic E-state index is 13.9. The molecule has 1 atom stereocenters. The highest BCUT2D eigenvalue weighted by Crippen LogP contribution is 2.25. The molecular weight excluding hydrogens is 370 g/mol. The predicted octanol–water partition coefficient (Wildman–Crippen LogP) is 3.06. The van der Waals surface area contributed by atoms with Crippen LogP contribution in [0.2, 0.25) is 0 Å². The molecule has 1 aromatic carbocycles. The van der Waals surface area contributed by atoms with E-state index in [1.54, 1.807) is 0 Å². The van der Waals surface area contributed by atoms with Gasteiger partial charge in [0.05, 0.1) is 12.6 Å². The molecule has 9 heteroatoms. The van der Waals surface area contributed by atoms with Crippen molar-refractivity contribution >= 4 is 17.0 Å². The highest BCUT2D eigenvalue weighted by molar-refractivity contribution is 5.77. The number of benzene rings is 1. The molecular formula is C19H20F2N4O3. The number of pyridine rings is 1. The van der Waals surface area contributed by atoms with E-state index in [1.165, 1.54) is 23.8 Å². The molecule has 2 N–H and O–H groups in total. The first kappa shape index (κ1) is 19.7. The molecule has 3 rings (SSSR count). The molecule has 0 fully saturated rings. The number of ether oxygens (including phenoxy) is 1. The number of rotatable bonds is 6. The molecule has 28 heavy (non-hydrogen) atoms. The van der Waals surface area contributed by atoms with Crippen LogP contribution in [0.3, 0.4) is 0 Å². The van der Waals surface area contributed by atoms with Crippen molar-refractivity contribution in [1.29, 1.82) is 0 Å². The van der Waals surface area contributed by atoms with E-state index >= 15 is 0 Å². The van der Waals surface area contributed by atoms with Gasteiger partial charge in [-0.15, -0.1) is 0 Å². The molecule has 0 bridgehead atoms. The summed E-state index contributed by atoms with van der Waals surface area (Å²) in [6.45, 7) is 5.33. The normalized spacial score (nSPS) is 12.4. The van der Waals surface area contributed by atoms with E-state index < -0.39 is 23.3 Å². The van der Waals surface area contributed by atoms with Gasteiger partial charge in [-0.3, -0.25) is 9.36 Å². The third-order valence-electron chi connectivity index (χ3n) is 3.77. The number of halogens is 2. The van der Waals surface area contributed by atoms with Crippen LogP contribution in [0.15, 0.2) is 35.3 Å². The molecule has 0 aliphatic carbocycles. The minimum atomic E-state index is -0.936. The van der Waals surface area contributed by atoms with Crippen molar-refractivity contribution in [1.82, 2.24) is 14.5 Å². The Hall–Kier alpha value is -3.07. The van der Waals surface area contributed by atoms with Crippen molar-refractivity contribution in [2.75, 3.05) is 5.32 Å². The van der Waals surface area contributed by atoms with Gasteiger partial charge in [0.1, 0.15) is 11.5 Å². The van der Waals surface area contributed by atoms with E-state index in [2.05, 4.69) is 15.3 Å². The first-order valence-corrected chi connectivity index (χ1v) is 8.72. The number of nitrogens with zero attached hydrogens (tertiary/aromatic N) is 3. The van der Waals surface area contributed by atoms with Gasteiger partial charge in [-0.2, -0.15) is 4.98 Å². The van der Waals surface area contributed by atoms with Gasteiger partial charge >= 0.3 is 0 Å². The minimum Gasteiger partial charge on any atom is -0.448 e. The third-order valence-corrected chi connectivity index (χ3v) is 3.77. The number of hydrogen-bond donors (Lipinski definition) is 2. The van der Waals surface area contributed by atoms with Gasteiger partial charge in [0, 0.05) is 23.7 Å². The second-order valence-corrected chi connectivity index (χ2v) is 6.72. The number of aromatic nitrogens is 3. The molecule has 0 radical (unpaired) electrons. The Kier molecular flexibility index (Phi) is 5.55. The lowest BCUT2D eigenvalue weighted by Gasteiger charge is -2.15. The largest absolute Gasteiger partial charge is 0.448 e. The Morgan fingerprint density at radius 2 is 1.96 bits per heavy atom. The Bertz CT molecular complexity index is 1070. The smallest absolute Gasteiger partial charge is 0.295 e. The van der Waals surface area contributed by atoms with Gasteiger partial charge in [-0.25, -0.2) is 13.8 Å². The molecule has 0 amide bonds. The van der Waals surface area contributed by atoms with Crippen LogP contribution in [-0.2, 0) is 6.54 Å². The molecule has 2 aromatic heterocycles. The second kappa shape index (κ2) is 7.89. The topological polar surface area (TPSA) is 89.3 Å². The molecule has 2 heterocycles. The van der Waals surface area contributed by atoms with Gasteiger partial charge in [0.15, 0.2) is 17.3 Å². The number of aliphatic hydroxyl groups excluding tert-OH is 1. The first-order valence-electron chi connectivity index (χ1n) is 8.72. The fraction of sp³-hybridized carbons (Fsp3) is 0.316. The van der Waals surface area contributed by atoms with Crippen molar-refractivity contribution in [2.45, 2.75) is 39.5 Å². The van der Waals surface area contributed by atoms with Gasteiger partial charge in [0.2, 0.25) is 5.95 Å². The lowest BCUT2D eigenvalue weighted by atomic mass is 10.2. The fourth-order valence-electron chi connectivity index (χ4n) is 2.64. The zero-order valence-corrected chi connectivity index (χ0v) is 15.6. The number of anilines is 1. The quantitative estimate of drug-likeness (QED) is 0.673. The van der Waals surface area contributed by atoms with E-state index in [0.29, 0.717) is 23.0 Å². The summed E-state index contributed by atoms with van der Waals surface area (Å²) in [7, 11) is 0. The van der Waals surface area contributed by atoms with Crippen LogP contribution in [0.5, 0.6) is 11.5 Å². The second-order valence-electron chi connectivity index (χ2n) is 6.72. The lowest BCUT2D eigenvalue weighted by Crippen LogP contribution is -2.27. The molecule has 3 aromatic rings. The van der Waals surface area contributed by atoms with Crippen LogP contribution in [-0.4, -0.2) is 31.8 Å². The number of fused-ring (bicyclic) bond motifs is 1. The summed E-state index contributed by atoms with van der Waals surface area (Å²) in [6, 6.07) is 4.26. The molecule has 0 aliphatic rings. The SMILES string of the molecule is CC(C)Nc1ncc2cc(Oc3ccc(F)cc3F)c(=O)n(C[C@@H](C)O)c2n1. The van der Waals surface area contributed by atoms with E-state index in [-0.39, 0.29) is 24.1 Å². The van der Waals surface area contributed by atoms with Crippen LogP contribution in [0.25, 0.3) is 11.0 Å². The van der Waals surface area contributed by atoms with Gasteiger partial charge in [-0.1, -0.05) is 0 Å². The monoisotopic (exact) mass is 390 g/mol. The summed E-state index contributed by atoms with van der Waals surface area (Å²) < 4.78 is 33.7. The van der Waals surface area contributed by atoms with Crippen molar-refractivity contribution < 1.29 is 18.6 Å². The highest BCUT2D eigenvalue weighted by atomic mass is 19.1. The average molecular weight is 390 g/mol. The standard InChI is InChI=1S/C19H20F2N4O3/c1-10(2)23-19-22-8-12-6-16(28-15-5-4-13(20)7-14(15)21)18(27)25(9-11(3)26)17(12)24-19/h4-8,10-11,26H,9H2,1-3H3,(H,22,23,24)/t11-/m1/s1. The zero-order valence-electron chi connectivity index (χ0n) is 15.6. The molecule has 0 saturated heterocycles. The third kappa shape index (κ3) is 4.25. The van der Waals surface area contributed by atoms with E-state index in [0.717, 1.165) is 12.1 Å². The molecule has 0 aliphatic heterocycles. The summed E-state index contributed by atoms with van der Waals surface area (Å²) in [5, 5.41) is 13.3. The summed E-state index contributed by atoms with van der Waals surface area (Å²) in [4.78, 5) is 21.4. The van der Waals surface area contributed by atoms with Crippen molar-refractivity contribution in [2.24, 2.45) is 0 Å². The van der Waals surface area contributed by atoms with Gasteiger partial charge < -0.3 is 15.2 Å². The molecule has 7 nitrogen and oxygen atoms in total. The Morgan fingerprint density at radius 1 is 1.21 bits per heavy atom. The maximum Gasteiger partial charge on any atom is 0.295 e. The summed E-state index contributed by atoms with van der Waals surface area (Å²) >= 11 is 0. The number of nitrogens with one attached hydrogen (secondary N) is 1. The van der Waals surface area contributed by atoms with Crippen LogP contribution in [0.4, 0.5) is 14.7 Å². The number of aliphatic hydroxyl groups is 1. The zero-order chi connectivity index (χ0) is 20.4. The Morgan fingerprint density at radius 3 is 2.61 bits per heavy atom. The van der Waals surface area contributed by atoms with Crippen molar-refractivity contribution in [3.8, 4) is 11.5 Å². The van der Waals surface area contributed by atoms with Gasteiger partial charge in [0.25, 0.3) is 5.56 Å².